The predicted octanol–water partition coefficient (Wildman–Crippen LogP) is 3.49. The minimum atomic E-state index is -1.04. The molecule has 2 aliphatic rings. The number of nitrogens with one attached hydrogen (secondary N) is 1. The maximum absolute atomic E-state index is 12.7. The summed E-state index contributed by atoms with van der Waals surface area (Å²) in [5, 5.41) is 3.32. The summed E-state index contributed by atoms with van der Waals surface area (Å²) in [5.41, 5.74) is 1.92. The number of fused-ring (bicyclic) bond motifs is 2. The van der Waals surface area contributed by atoms with Crippen LogP contribution in [0.1, 0.15) is 30.6 Å². The minimum absolute atomic E-state index is 0.204. The van der Waals surface area contributed by atoms with Crippen molar-refractivity contribution in [2.24, 2.45) is 0 Å². The number of para-hydroxylation sites is 1. The number of esters is 1. The summed E-state index contributed by atoms with van der Waals surface area (Å²) >= 11 is 6.23. The smallest absolute Gasteiger partial charge is 0.308 e. The lowest BCUT2D eigenvalue weighted by molar-refractivity contribution is -0.150. The van der Waals surface area contributed by atoms with E-state index in [1.165, 1.54) is 0 Å². The standard InChI is InChI=1S/C21H20ClNO6/c1-2-26-18(24)11-17-21(25)23-15-7-6-12(22)10-14(15)19(29-17)13-4-3-5-16-20(13)28-9-8-27-16/h3-7,10,17,19H,2,8-9,11H2,1H3,(H,23,25)/t17-,19-/m0/s1. The van der Waals surface area contributed by atoms with Gasteiger partial charge in [0.2, 0.25) is 0 Å². The van der Waals surface area contributed by atoms with Gasteiger partial charge < -0.3 is 24.3 Å². The molecule has 0 aromatic heterocycles. The third-order valence-corrected chi connectivity index (χ3v) is 4.92. The molecule has 2 aromatic carbocycles. The summed E-state index contributed by atoms with van der Waals surface area (Å²) in [6, 6.07) is 10.6. The fourth-order valence-electron chi connectivity index (χ4n) is 3.43. The van der Waals surface area contributed by atoms with Gasteiger partial charge in [0.05, 0.1) is 13.0 Å². The number of benzene rings is 2. The van der Waals surface area contributed by atoms with Crippen LogP contribution in [0.25, 0.3) is 0 Å². The van der Waals surface area contributed by atoms with Crippen LogP contribution in [0.2, 0.25) is 5.02 Å². The lowest BCUT2D eigenvalue weighted by atomic mass is 9.98. The fraction of sp³-hybridized carbons (Fsp3) is 0.333. The molecule has 0 aliphatic carbocycles. The van der Waals surface area contributed by atoms with Crippen molar-refractivity contribution in [2.75, 3.05) is 25.1 Å². The Bertz CT molecular complexity index is 947. The van der Waals surface area contributed by atoms with E-state index in [-0.39, 0.29) is 13.0 Å². The third-order valence-electron chi connectivity index (χ3n) is 4.68. The molecule has 0 radical (unpaired) electrons. The van der Waals surface area contributed by atoms with E-state index in [0.29, 0.717) is 46.5 Å². The van der Waals surface area contributed by atoms with Gasteiger partial charge in [-0.3, -0.25) is 9.59 Å². The lowest BCUT2D eigenvalue weighted by Crippen LogP contribution is -2.32. The van der Waals surface area contributed by atoms with Crippen LogP contribution >= 0.6 is 11.6 Å². The molecule has 0 spiro atoms. The molecule has 2 heterocycles. The molecule has 29 heavy (non-hydrogen) atoms. The van der Waals surface area contributed by atoms with Crippen molar-refractivity contribution in [3.63, 3.8) is 0 Å². The third kappa shape index (κ3) is 4.02. The summed E-state index contributed by atoms with van der Waals surface area (Å²) in [7, 11) is 0. The zero-order valence-corrected chi connectivity index (χ0v) is 16.5. The van der Waals surface area contributed by atoms with Crippen LogP contribution in [-0.4, -0.2) is 37.8 Å². The number of carbonyl (C=O) groups excluding carboxylic acids is 2. The highest BCUT2D eigenvalue weighted by atomic mass is 35.5. The first-order chi connectivity index (χ1) is 14.1. The van der Waals surface area contributed by atoms with Gasteiger partial charge in [0, 0.05) is 21.8 Å². The van der Waals surface area contributed by atoms with Gasteiger partial charge in [0.15, 0.2) is 11.5 Å². The van der Waals surface area contributed by atoms with Gasteiger partial charge in [0.1, 0.15) is 25.4 Å². The van der Waals surface area contributed by atoms with Gasteiger partial charge in [-0.15, -0.1) is 0 Å². The molecule has 1 N–H and O–H groups in total. The van der Waals surface area contributed by atoms with E-state index in [0.717, 1.165) is 0 Å². The largest absolute Gasteiger partial charge is 0.486 e. The molecule has 0 fully saturated rings. The first kappa shape index (κ1) is 19.5. The Morgan fingerprint density at radius 1 is 1.21 bits per heavy atom. The molecule has 8 heteroatoms. The Kier molecular flexibility index (Phi) is 5.60. The SMILES string of the molecule is CCOC(=O)C[C@@H]1O[C@@H](c2cccc3c2OCCO3)c2cc(Cl)ccc2NC1=O. The Morgan fingerprint density at radius 2 is 2.03 bits per heavy atom. The van der Waals surface area contributed by atoms with Crippen LogP contribution in [0.3, 0.4) is 0 Å². The molecule has 0 saturated heterocycles. The van der Waals surface area contributed by atoms with Crippen molar-refractivity contribution in [1.29, 1.82) is 0 Å². The number of halogens is 1. The quantitative estimate of drug-likeness (QED) is 0.767. The number of carbonyl (C=O) groups is 2. The van der Waals surface area contributed by atoms with E-state index < -0.39 is 24.1 Å². The highest BCUT2D eigenvalue weighted by Crippen LogP contribution is 2.44. The highest BCUT2D eigenvalue weighted by molar-refractivity contribution is 6.30. The average Bonchev–Trinajstić information content (AvgIpc) is 2.84. The van der Waals surface area contributed by atoms with Crippen LogP contribution in [0.15, 0.2) is 36.4 Å². The Hall–Kier alpha value is -2.77. The van der Waals surface area contributed by atoms with Crippen LogP contribution in [0, 0.1) is 0 Å². The average molecular weight is 418 g/mol. The Labute approximate surface area is 172 Å². The normalized spacial score (nSPS) is 20.3. The van der Waals surface area contributed by atoms with Gasteiger partial charge in [-0.05, 0) is 31.2 Å². The number of anilines is 1. The molecule has 0 bridgehead atoms. The van der Waals surface area contributed by atoms with Gasteiger partial charge in [-0.25, -0.2) is 0 Å². The highest BCUT2D eigenvalue weighted by Gasteiger charge is 2.35. The molecule has 0 saturated carbocycles. The van der Waals surface area contributed by atoms with Crippen molar-refractivity contribution in [1.82, 2.24) is 0 Å². The van der Waals surface area contributed by atoms with Crippen molar-refractivity contribution in [3.8, 4) is 11.5 Å². The molecular formula is C21H20ClNO6. The fourth-order valence-corrected chi connectivity index (χ4v) is 3.61. The second kappa shape index (κ2) is 8.31. The van der Waals surface area contributed by atoms with E-state index in [2.05, 4.69) is 5.32 Å². The first-order valence-electron chi connectivity index (χ1n) is 9.36. The zero-order valence-electron chi connectivity index (χ0n) is 15.8. The summed E-state index contributed by atoms with van der Waals surface area (Å²) in [6.45, 7) is 2.79. The second-order valence-corrected chi connectivity index (χ2v) is 7.04. The minimum Gasteiger partial charge on any atom is -0.486 e. The van der Waals surface area contributed by atoms with E-state index in [4.69, 9.17) is 30.5 Å². The first-order valence-corrected chi connectivity index (χ1v) is 9.74. The number of rotatable bonds is 4. The predicted molar refractivity (Wildman–Crippen MR) is 105 cm³/mol. The van der Waals surface area contributed by atoms with E-state index in [1.54, 1.807) is 25.1 Å². The summed E-state index contributed by atoms with van der Waals surface area (Å²) < 4.78 is 22.7. The Balaban J connectivity index is 1.78. The number of hydrogen-bond donors (Lipinski definition) is 1. The van der Waals surface area contributed by atoms with Crippen LogP contribution in [0.4, 0.5) is 5.69 Å². The maximum Gasteiger partial charge on any atom is 0.308 e. The zero-order chi connectivity index (χ0) is 20.4. The summed E-state index contributed by atoms with van der Waals surface area (Å²) in [4.78, 5) is 24.8. The number of hydrogen-bond acceptors (Lipinski definition) is 6. The van der Waals surface area contributed by atoms with Gasteiger partial charge in [-0.1, -0.05) is 23.7 Å². The molecule has 7 nitrogen and oxygen atoms in total. The molecule has 4 rings (SSSR count). The van der Waals surface area contributed by atoms with Gasteiger partial charge in [0.25, 0.3) is 5.91 Å². The van der Waals surface area contributed by atoms with Crippen molar-refractivity contribution in [2.45, 2.75) is 25.6 Å². The van der Waals surface area contributed by atoms with Crippen molar-refractivity contribution < 1.29 is 28.5 Å². The molecule has 152 valence electrons. The number of ether oxygens (including phenoxy) is 4. The monoisotopic (exact) mass is 417 g/mol. The molecule has 0 unspecified atom stereocenters. The van der Waals surface area contributed by atoms with Crippen LogP contribution in [0.5, 0.6) is 11.5 Å². The molecule has 2 aromatic rings. The molecular weight excluding hydrogens is 398 g/mol. The van der Waals surface area contributed by atoms with E-state index in [1.807, 2.05) is 18.2 Å². The van der Waals surface area contributed by atoms with Crippen molar-refractivity contribution in [3.05, 3.63) is 52.5 Å². The summed E-state index contributed by atoms with van der Waals surface area (Å²) in [5.74, 6) is 0.224. The summed E-state index contributed by atoms with van der Waals surface area (Å²) in [6.07, 6.45) is -1.94. The Morgan fingerprint density at radius 3 is 2.86 bits per heavy atom. The maximum atomic E-state index is 12.7. The molecule has 1 amide bonds. The van der Waals surface area contributed by atoms with Gasteiger partial charge >= 0.3 is 5.97 Å². The van der Waals surface area contributed by atoms with E-state index in [9.17, 15) is 9.59 Å². The second-order valence-electron chi connectivity index (χ2n) is 6.61. The van der Waals surface area contributed by atoms with Crippen molar-refractivity contribution >= 4 is 29.2 Å². The van der Waals surface area contributed by atoms with E-state index >= 15 is 0 Å². The molecule has 2 atom stereocenters. The number of amides is 1. The van der Waals surface area contributed by atoms with Crippen LogP contribution < -0.4 is 14.8 Å². The van der Waals surface area contributed by atoms with Crippen LogP contribution in [-0.2, 0) is 19.1 Å². The lowest BCUT2D eigenvalue weighted by Gasteiger charge is -2.26. The molecule has 2 aliphatic heterocycles. The van der Waals surface area contributed by atoms with Gasteiger partial charge in [-0.2, -0.15) is 0 Å². The topological polar surface area (TPSA) is 83.1 Å².